The van der Waals surface area contributed by atoms with E-state index in [4.69, 9.17) is 33.3 Å². The second-order valence-electron chi connectivity index (χ2n) is 10.7. The van der Waals surface area contributed by atoms with Gasteiger partial charge in [-0.1, -0.05) is 0 Å². The van der Waals surface area contributed by atoms with E-state index in [0.29, 0.717) is 0 Å². The second kappa shape index (κ2) is 11.4. The summed E-state index contributed by atoms with van der Waals surface area (Å²) in [6.45, 7) is -0.0713. The Bertz CT molecular complexity index is 1980. The number of rotatable bonds is 2. The SMILES string of the molecule is Cc1nc2c([C@@H]3O[C@@H]4COP(=O)(O)O[C@@H]5C(O)[C@H](n6cnc7c(N)ncnc76)O[C@@H]5COP(=O)(O)O[C@H]3C4O)cncc2c(=O)[nH]1. The van der Waals surface area contributed by atoms with Gasteiger partial charge in [-0.15, -0.1) is 0 Å². The molecule has 46 heavy (non-hydrogen) atoms. The van der Waals surface area contributed by atoms with Crippen LogP contribution < -0.4 is 11.3 Å². The smallest absolute Gasteiger partial charge is 0.387 e. The minimum absolute atomic E-state index is 0.0411. The Morgan fingerprint density at radius 3 is 2.43 bits per heavy atom. The molecule has 23 heteroatoms. The number of hydrogen-bond donors (Lipinski definition) is 6. The van der Waals surface area contributed by atoms with E-state index < -0.39 is 83.4 Å². The summed E-state index contributed by atoms with van der Waals surface area (Å²) in [5, 5.41) is 22.3. The lowest BCUT2D eigenvalue weighted by molar-refractivity contribution is -0.0569. The monoisotopic (exact) mass is 684 g/mol. The van der Waals surface area contributed by atoms with Crippen LogP contribution in [0.1, 0.15) is 23.7 Å². The summed E-state index contributed by atoms with van der Waals surface area (Å²) in [5.41, 5.74) is 5.87. The Morgan fingerprint density at radius 1 is 0.957 bits per heavy atom. The van der Waals surface area contributed by atoms with E-state index in [1.807, 2.05) is 0 Å². The highest BCUT2D eigenvalue weighted by atomic mass is 31.2. The zero-order valence-corrected chi connectivity index (χ0v) is 25.2. The van der Waals surface area contributed by atoms with Gasteiger partial charge >= 0.3 is 15.6 Å². The van der Waals surface area contributed by atoms with Gasteiger partial charge < -0.3 is 40.2 Å². The first-order valence-electron chi connectivity index (χ1n) is 13.6. The number of aromatic amines is 1. The Morgan fingerprint density at radius 2 is 1.67 bits per heavy atom. The molecular formula is C23H26N8O13P2. The van der Waals surface area contributed by atoms with Crippen LogP contribution in [0, 0.1) is 6.92 Å². The molecule has 4 aromatic heterocycles. The van der Waals surface area contributed by atoms with E-state index in [1.165, 1.54) is 30.2 Å². The number of hydrogen-bond acceptors (Lipinski definition) is 17. The molecule has 21 nitrogen and oxygen atoms in total. The number of nitrogens with one attached hydrogen (secondary N) is 1. The van der Waals surface area contributed by atoms with E-state index >= 15 is 0 Å². The molecule has 3 aliphatic heterocycles. The number of phosphoric ester groups is 2. The van der Waals surface area contributed by atoms with Gasteiger partial charge in [0.2, 0.25) is 0 Å². The molecule has 10 atom stereocenters. The number of fused-ring (bicyclic) bond motifs is 5. The summed E-state index contributed by atoms with van der Waals surface area (Å²) in [4.78, 5) is 56.9. The number of phosphoric acid groups is 2. The fourth-order valence-electron chi connectivity index (χ4n) is 5.61. The predicted octanol–water partition coefficient (Wildman–Crippen LogP) is -0.874. The molecule has 7 heterocycles. The number of aliphatic hydroxyl groups is 2. The Hall–Kier alpha value is -3.30. The predicted molar refractivity (Wildman–Crippen MR) is 149 cm³/mol. The van der Waals surface area contributed by atoms with Crippen LogP contribution in [-0.2, 0) is 36.7 Å². The molecule has 4 aromatic rings. The molecule has 7 N–H and O–H groups in total. The first-order valence-corrected chi connectivity index (χ1v) is 16.6. The summed E-state index contributed by atoms with van der Waals surface area (Å²) in [6, 6.07) is 0. The van der Waals surface area contributed by atoms with Crippen LogP contribution in [-0.4, -0.2) is 104 Å². The number of aliphatic hydroxyl groups excluding tert-OH is 2. The number of anilines is 1. The average molecular weight is 684 g/mol. The van der Waals surface area contributed by atoms with Crippen LogP contribution in [0.5, 0.6) is 0 Å². The number of pyridine rings is 1. The van der Waals surface area contributed by atoms with Gasteiger partial charge in [0.15, 0.2) is 17.7 Å². The highest BCUT2D eigenvalue weighted by Gasteiger charge is 2.53. The van der Waals surface area contributed by atoms with Crippen molar-refractivity contribution in [2.45, 2.75) is 55.9 Å². The van der Waals surface area contributed by atoms with E-state index in [2.05, 4.69) is 29.9 Å². The lowest BCUT2D eigenvalue weighted by Crippen LogP contribution is -2.36. The number of aromatic nitrogens is 7. The molecule has 0 amide bonds. The van der Waals surface area contributed by atoms with Gasteiger partial charge in [0.1, 0.15) is 60.4 Å². The third kappa shape index (κ3) is 5.53. The van der Waals surface area contributed by atoms with Gasteiger partial charge in [-0.3, -0.25) is 32.4 Å². The highest BCUT2D eigenvalue weighted by Crippen LogP contribution is 2.54. The maximum absolute atomic E-state index is 13.3. The second-order valence-corrected chi connectivity index (χ2v) is 13.5. The third-order valence-electron chi connectivity index (χ3n) is 7.69. The Balaban J connectivity index is 1.22. The van der Waals surface area contributed by atoms with Crippen molar-refractivity contribution in [3.05, 3.63) is 46.8 Å². The van der Waals surface area contributed by atoms with E-state index in [0.717, 1.165) is 6.33 Å². The molecule has 246 valence electrons. The molecule has 3 saturated heterocycles. The normalized spacial score (nSPS) is 37.1. The summed E-state index contributed by atoms with van der Waals surface area (Å²) in [5.74, 6) is 0.281. The average Bonchev–Trinajstić information content (AvgIpc) is 3.65. The van der Waals surface area contributed by atoms with Crippen LogP contribution in [0.4, 0.5) is 5.82 Å². The largest absolute Gasteiger partial charge is 0.472 e. The van der Waals surface area contributed by atoms with Crippen LogP contribution in [0.25, 0.3) is 22.1 Å². The minimum atomic E-state index is -5.09. The van der Waals surface area contributed by atoms with Crippen molar-refractivity contribution < 1.29 is 56.7 Å². The first kappa shape index (κ1) is 31.3. The van der Waals surface area contributed by atoms with Crippen molar-refractivity contribution in [2.75, 3.05) is 18.9 Å². The maximum Gasteiger partial charge on any atom is 0.472 e. The Kier molecular flexibility index (Phi) is 7.79. The van der Waals surface area contributed by atoms with Crippen LogP contribution in [0.15, 0.2) is 29.8 Å². The molecule has 3 fully saturated rings. The minimum Gasteiger partial charge on any atom is -0.387 e. The first-order chi connectivity index (χ1) is 21.8. The molecule has 0 spiro atoms. The Labute approximate surface area is 256 Å². The zero-order valence-electron chi connectivity index (χ0n) is 23.5. The van der Waals surface area contributed by atoms with Gasteiger partial charge in [0, 0.05) is 18.0 Å². The quantitative estimate of drug-likeness (QED) is 0.140. The number of nitrogens with zero attached hydrogens (tertiary/aromatic N) is 6. The van der Waals surface area contributed by atoms with Crippen molar-refractivity contribution in [3.8, 4) is 0 Å². The van der Waals surface area contributed by atoms with Gasteiger partial charge in [-0.25, -0.2) is 29.1 Å². The number of aryl methyl sites for hydroxylation is 1. The molecule has 3 aliphatic rings. The summed E-state index contributed by atoms with van der Waals surface area (Å²) in [7, 11) is -10.1. The maximum atomic E-state index is 13.3. The van der Waals surface area contributed by atoms with E-state index in [-0.39, 0.29) is 39.3 Å². The number of nitrogens with two attached hydrogens (primary N) is 1. The van der Waals surface area contributed by atoms with Crippen molar-refractivity contribution in [2.24, 2.45) is 0 Å². The number of imidazole rings is 1. The summed E-state index contributed by atoms with van der Waals surface area (Å²) < 4.78 is 60.4. The van der Waals surface area contributed by atoms with E-state index in [1.54, 1.807) is 0 Å². The van der Waals surface area contributed by atoms with Gasteiger partial charge in [0.05, 0.1) is 30.4 Å². The number of H-pyrrole nitrogens is 1. The number of nitrogen functional groups attached to an aromatic ring is 1. The van der Waals surface area contributed by atoms with Gasteiger partial charge in [-0.05, 0) is 6.92 Å². The lowest BCUT2D eigenvalue weighted by Gasteiger charge is -2.25. The molecule has 0 radical (unpaired) electrons. The molecule has 2 bridgehead atoms. The van der Waals surface area contributed by atoms with Crippen LogP contribution in [0.2, 0.25) is 0 Å². The molecular weight excluding hydrogens is 658 g/mol. The number of ether oxygens (including phenoxy) is 2. The third-order valence-corrected chi connectivity index (χ3v) is 9.66. The van der Waals surface area contributed by atoms with Gasteiger partial charge in [-0.2, -0.15) is 0 Å². The van der Waals surface area contributed by atoms with E-state index in [9.17, 15) is 33.9 Å². The lowest BCUT2D eigenvalue weighted by atomic mass is 10.0. The molecule has 0 aromatic carbocycles. The van der Waals surface area contributed by atoms with Crippen LogP contribution >= 0.6 is 15.6 Å². The van der Waals surface area contributed by atoms with Crippen molar-refractivity contribution >= 4 is 43.5 Å². The fraction of sp³-hybridized carbons (Fsp3) is 0.478. The molecule has 4 unspecified atom stereocenters. The molecule has 7 rings (SSSR count). The fourth-order valence-corrected chi connectivity index (χ4v) is 7.52. The topological polar surface area (TPSA) is 299 Å². The summed E-state index contributed by atoms with van der Waals surface area (Å²) >= 11 is 0. The van der Waals surface area contributed by atoms with Crippen LogP contribution in [0.3, 0.4) is 0 Å². The highest BCUT2D eigenvalue weighted by molar-refractivity contribution is 7.47. The van der Waals surface area contributed by atoms with Crippen molar-refractivity contribution in [1.29, 1.82) is 0 Å². The zero-order chi connectivity index (χ0) is 32.5. The summed E-state index contributed by atoms with van der Waals surface area (Å²) in [6.07, 6.45) is -7.46. The van der Waals surface area contributed by atoms with Crippen molar-refractivity contribution in [3.63, 3.8) is 0 Å². The standard InChI is InChI=1S/C23H26N8O13P2/c1-8-29-13-9(2-25-3-10(13)22(34)30-8)17-19-15(32)11(41-17)4-39-45(35,36)43-18-12(5-40-46(37,38)44-19)42-23(16(18)33)31-7-28-14-20(24)26-6-27-21(14)31/h2-3,6-7,11-12,15-19,23,32-33H,4-5H2,1H3,(H,35,36)(H,37,38)(H2,24,26,27)(H,29,30,34)/t11-,12-,15?,16?,17+,18+,19+,23-/m1/s1. The molecule has 0 aliphatic carbocycles. The van der Waals surface area contributed by atoms with Crippen molar-refractivity contribution in [1.82, 2.24) is 34.5 Å². The molecule has 0 saturated carbocycles. The van der Waals surface area contributed by atoms with Gasteiger partial charge in [0.25, 0.3) is 5.56 Å².